The number of esters is 1. The molecule has 4 heteroatoms. The second kappa shape index (κ2) is 5.33. The molecule has 0 saturated heterocycles. The number of carbonyl (C=O) groups excluding carboxylic acids is 1. The van der Waals surface area contributed by atoms with Crippen molar-refractivity contribution in [1.82, 2.24) is 0 Å². The molecule has 80 valence electrons. The van der Waals surface area contributed by atoms with Gasteiger partial charge in [-0.2, -0.15) is 0 Å². The summed E-state index contributed by atoms with van der Waals surface area (Å²) in [4.78, 5) is 11.6. The molecule has 0 fully saturated rings. The highest BCUT2D eigenvalue weighted by Gasteiger charge is 2.11. The molecular weight excluding hydrogens is 279 g/mol. The van der Waals surface area contributed by atoms with Crippen LogP contribution in [0.4, 0.5) is 0 Å². The molecule has 0 aliphatic rings. The first-order valence-electron chi connectivity index (χ1n) is 4.27. The number of hydrogen-bond donors (Lipinski definition) is 0. The van der Waals surface area contributed by atoms with Crippen LogP contribution in [0.1, 0.15) is 17.3 Å². The predicted octanol–water partition coefficient (Wildman–Crippen LogP) is 3.84. The molecule has 0 heterocycles. The van der Waals surface area contributed by atoms with Crippen LogP contribution in [-0.2, 0) is 4.74 Å². The lowest BCUT2D eigenvalue weighted by molar-refractivity contribution is 0.0539. The van der Waals surface area contributed by atoms with E-state index in [2.05, 4.69) is 22.5 Å². The van der Waals surface area contributed by atoms with Gasteiger partial charge in [0.05, 0.1) is 5.56 Å². The van der Waals surface area contributed by atoms with Gasteiger partial charge in [-0.25, -0.2) is 4.79 Å². The van der Waals surface area contributed by atoms with Crippen molar-refractivity contribution in [3.63, 3.8) is 0 Å². The number of benzene rings is 1. The Morgan fingerprint density at radius 2 is 2.27 bits per heavy atom. The fourth-order valence-corrected chi connectivity index (χ4v) is 1.50. The number of halogens is 2. The molecule has 1 aromatic rings. The molecule has 2 nitrogen and oxygen atoms in total. The van der Waals surface area contributed by atoms with E-state index >= 15 is 0 Å². The Hall–Kier alpha value is -0.800. The molecule has 0 aromatic heterocycles. The molecule has 1 rings (SSSR count). The molecule has 0 radical (unpaired) electrons. The van der Waals surface area contributed by atoms with Crippen LogP contribution >= 0.6 is 27.5 Å². The minimum atomic E-state index is -0.410. The number of carbonyl (C=O) groups is 1. The fourth-order valence-electron chi connectivity index (χ4n) is 0.920. The average Bonchev–Trinajstić information content (AvgIpc) is 2.18. The summed E-state index contributed by atoms with van der Waals surface area (Å²) < 4.78 is 5.66. The Morgan fingerprint density at radius 1 is 1.60 bits per heavy atom. The van der Waals surface area contributed by atoms with Crippen LogP contribution < -0.4 is 0 Å². The summed E-state index contributed by atoms with van der Waals surface area (Å²) in [5, 5.41) is 0.500. The third-order valence-corrected chi connectivity index (χ3v) is 2.52. The van der Waals surface area contributed by atoms with Crippen molar-refractivity contribution >= 4 is 33.5 Å². The summed E-state index contributed by atoms with van der Waals surface area (Å²) >= 11 is 9.03. The van der Waals surface area contributed by atoms with Gasteiger partial charge in [0.15, 0.2) is 0 Å². The van der Waals surface area contributed by atoms with Crippen molar-refractivity contribution < 1.29 is 9.53 Å². The normalized spacial score (nSPS) is 9.80. The van der Waals surface area contributed by atoms with Gasteiger partial charge in [-0.1, -0.05) is 18.2 Å². The van der Waals surface area contributed by atoms with Gasteiger partial charge in [0.1, 0.15) is 6.61 Å². The Balaban J connectivity index is 2.81. The molecule has 0 aliphatic carbocycles. The van der Waals surface area contributed by atoms with E-state index in [-0.39, 0.29) is 6.61 Å². The average molecular weight is 290 g/mol. The van der Waals surface area contributed by atoms with E-state index < -0.39 is 5.97 Å². The van der Waals surface area contributed by atoms with E-state index in [9.17, 15) is 4.79 Å². The van der Waals surface area contributed by atoms with Crippen LogP contribution in [-0.4, -0.2) is 12.6 Å². The van der Waals surface area contributed by atoms with Crippen molar-refractivity contribution in [3.05, 3.63) is 45.4 Å². The van der Waals surface area contributed by atoms with Crippen LogP contribution in [0.3, 0.4) is 0 Å². The van der Waals surface area contributed by atoms with Crippen LogP contribution in [0.15, 0.2) is 34.8 Å². The molecule has 0 atom stereocenters. The monoisotopic (exact) mass is 288 g/mol. The molecule has 0 bridgehead atoms. The molecule has 1 aromatic carbocycles. The van der Waals surface area contributed by atoms with Crippen molar-refractivity contribution in [2.45, 2.75) is 6.92 Å². The smallest absolute Gasteiger partial charge is 0.339 e. The zero-order valence-corrected chi connectivity index (χ0v) is 10.6. The summed E-state index contributed by atoms with van der Waals surface area (Å²) in [6.07, 6.45) is 0. The third kappa shape index (κ3) is 3.68. The minimum absolute atomic E-state index is 0.220. The van der Waals surface area contributed by atoms with Gasteiger partial charge in [0.25, 0.3) is 0 Å². The molecule has 0 aliphatic heterocycles. The highest BCUT2D eigenvalue weighted by atomic mass is 79.9. The van der Waals surface area contributed by atoms with Gasteiger partial charge < -0.3 is 4.74 Å². The maximum atomic E-state index is 11.6. The van der Waals surface area contributed by atoms with Gasteiger partial charge in [0, 0.05) is 9.50 Å². The molecule has 0 spiro atoms. The second-order valence-electron chi connectivity index (χ2n) is 3.16. The largest absolute Gasteiger partial charge is 0.458 e. The lowest BCUT2D eigenvalue weighted by atomic mass is 10.2. The highest BCUT2D eigenvalue weighted by molar-refractivity contribution is 9.10. The molecule has 0 unspecified atom stereocenters. The van der Waals surface area contributed by atoms with Crippen LogP contribution in [0.2, 0.25) is 5.02 Å². The standard InChI is InChI=1S/C11H10BrClO2/c1-7(2)6-15-11(14)9-5-8(13)3-4-10(9)12/h3-5H,1,6H2,2H3. The van der Waals surface area contributed by atoms with E-state index in [0.29, 0.717) is 15.1 Å². The second-order valence-corrected chi connectivity index (χ2v) is 4.45. The first kappa shape index (κ1) is 12.3. The van der Waals surface area contributed by atoms with E-state index in [4.69, 9.17) is 16.3 Å². The lowest BCUT2D eigenvalue weighted by Crippen LogP contribution is -2.07. The van der Waals surface area contributed by atoms with E-state index in [1.807, 2.05) is 0 Å². The van der Waals surface area contributed by atoms with Gasteiger partial charge in [0.2, 0.25) is 0 Å². The van der Waals surface area contributed by atoms with Crippen LogP contribution in [0.25, 0.3) is 0 Å². The topological polar surface area (TPSA) is 26.3 Å². The van der Waals surface area contributed by atoms with Crippen molar-refractivity contribution in [1.29, 1.82) is 0 Å². The lowest BCUT2D eigenvalue weighted by Gasteiger charge is -2.06. The highest BCUT2D eigenvalue weighted by Crippen LogP contribution is 2.21. The van der Waals surface area contributed by atoms with Gasteiger partial charge >= 0.3 is 5.97 Å². The number of hydrogen-bond acceptors (Lipinski definition) is 2. The van der Waals surface area contributed by atoms with Crippen molar-refractivity contribution in [2.24, 2.45) is 0 Å². The third-order valence-electron chi connectivity index (χ3n) is 1.60. The first-order valence-corrected chi connectivity index (χ1v) is 5.44. The summed E-state index contributed by atoms with van der Waals surface area (Å²) in [5.74, 6) is -0.410. The molecule has 0 amide bonds. The molecule has 0 N–H and O–H groups in total. The Kier molecular flexibility index (Phi) is 4.36. The van der Waals surface area contributed by atoms with Crippen LogP contribution in [0.5, 0.6) is 0 Å². The quantitative estimate of drug-likeness (QED) is 0.624. The zero-order chi connectivity index (χ0) is 11.4. The molecule has 0 saturated carbocycles. The van der Waals surface area contributed by atoms with E-state index in [1.165, 1.54) is 0 Å². The molecule has 15 heavy (non-hydrogen) atoms. The Labute approximate surface area is 102 Å². The Bertz CT molecular complexity index is 402. The Morgan fingerprint density at radius 3 is 2.87 bits per heavy atom. The first-order chi connectivity index (χ1) is 7.00. The van der Waals surface area contributed by atoms with Gasteiger partial charge in [-0.3, -0.25) is 0 Å². The number of rotatable bonds is 3. The van der Waals surface area contributed by atoms with E-state index in [0.717, 1.165) is 5.57 Å². The maximum Gasteiger partial charge on any atom is 0.339 e. The van der Waals surface area contributed by atoms with Crippen molar-refractivity contribution in [2.75, 3.05) is 6.61 Å². The van der Waals surface area contributed by atoms with Crippen molar-refractivity contribution in [3.8, 4) is 0 Å². The summed E-state index contributed by atoms with van der Waals surface area (Å²) in [7, 11) is 0. The number of ether oxygens (including phenoxy) is 1. The maximum absolute atomic E-state index is 11.6. The fraction of sp³-hybridized carbons (Fsp3) is 0.182. The minimum Gasteiger partial charge on any atom is -0.458 e. The SMILES string of the molecule is C=C(C)COC(=O)c1cc(Cl)ccc1Br. The molecular formula is C11H10BrClO2. The van der Waals surface area contributed by atoms with Gasteiger partial charge in [-0.15, -0.1) is 0 Å². The van der Waals surface area contributed by atoms with Gasteiger partial charge in [-0.05, 0) is 46.6 Å². The van der Waals surface area contributed by atoms with Crippen LogP contribution in [0, 0.1) is 0 Å². The van der Waals surface area contributed by atoms with E-state index in [1.54, 1.807) is 25.1 Å². The zero-order valence-electron chi connectivity index (χ0n) is 8.22. The predicted molar refractivity (Wildman–Crippen MR) is 64.2 cm³/mol. The summed E-state index contributed by atoms with van der Waals surface area (Å²) in [6.45, 7) is 5.66. The summed E-state index contributed by atoms with van der Waals surface area (Å²) in [6, 6.07) is 4.97. The summed E-state index contributed by atoms with van der Waals surface area (Å²) in [5.41, 5.74) is 1.21.